The number of rotatable bonds is 6. The summed E-state index contributed by atoms with van der Waals surface area (Å²) in [4.78, 5) is 8.80. The van der Waals surface area contributed by atoms with E-state index in [9.17, 15) is 5.11 Å². The van der Waals surface area contributed by atoms with Gasteiger partial charge < -0.3 is 24.9 Å². The summed E-state index contributed by atoms with van der Waals surface area (Å²) in [7, 11) is 1.52. The highest BCUT2D eigenvalue weighted by Gasteiger charge is 2.08. The van der Waals surface area contributed by atoms with Gasteiger partial charge in [-0.15, -0.1) is 0 Å². The van der Waals surface area contributed by atoms with Crippen LogP contribution in [0.25, 0.3) is 0 Å². The lowest BCUT2D eigenvalue weighted by atomic mass is 10.2. The minimum atomic E-state index is 0.110. The van der Waals surface area contributed by atoms with Crippen molar-refractivity contribution in [1.29, 1.82) is 0 Å². The number of para-hydroxylation sites is 1. The number of phenols is 1. The van der Waals surface area contributed by atoms with Crippen molar-refractivity contribution in [2.75, 3.05) is 13.7 Å². The Morgan fingerprint density at radius 2 is 2.12 bits per heavy atom. The zero-order chi connectivity index (χ0) is 17.5. The fourth-order valence-corrected chi connectivity index (χ4v) is 2.14. The Hall–Kier alpha value is -2.70. The van der Waals surface area contributed by atoms with Crippen LogP contribution in [-0.2, 0) is 13.1 Å². The lowest BCUT2D eigenvalue weighted by molar-refractivity contribution is 0.370. The zero-order valence-electron chi connectivity index (χ0n) is 14.5. The number of aromatic nitrogens is 1. The van der Waals surface area contributed by atoms with Gasteiger partial charge in [-0.2, -0.15) is 0 Å². The number of nitrogens with one attached hydrogen (secondary N) is 2. The van der Waals surface area contributed by atoms with Crippen LogP contribution in [0.3, 0.4) is 0 Å². The molecule has 0 saturated heterocycles. The van der Waals surface area contributed by atoms with Gasteiger partial charge in [-0.25, -0.2) is 9.98 Å². The van der Waals surface area contributed by atoms with Crippen molar-refractivity contribution >= 4 is 5.96 Å². The number of methoxy groups -OCH3 is 1. The quantitative estimate of drug-likeness (QED) is 0.555. The van der Waals surface area contributed by atoms with Crippen molar-refractivity contribution in [3.05, 3.63) is 41.1 Å². The first kappa shape index (κ1) is 17.7. The standard InChI is InChI=1S/C17H24N4O3/c1-5-18-17(20-10-15-21-11(2)12(3)24-15)19-9-13-7-6-8-14(23-4)16(13)22/h6-8,22H,5,9-10H2,1-4H3,(H2,18,19,20). The van der Waals surface area contributed by atoms with Crippen LogP contribution < -0.4 is 15.4 Å². The van der Waals surface area contributed by atoms with E-state index in [1.165, 1.54) is 7.11 Å². The van der Waals surface area contributed by atoms with Crippen molar-refractivity contribution in [2.45, 2.75) is 33.9 Å². The summed E-state index contributed by atoms with van der Waals surface area (Å²) in [6.07, 6.45) is 0. The summed E-state index contributed by atoms with van der Waals surface area (Å²) >= 11 is 0. The second kappa shape index (κ2) is 8.24. The Morgan fingerprint density at radius 1 is 1.33 bits per heavy atom. The molecule has 0 bridgehead atoms. The maximum Gasteiger partial charge on any atom is 0.214 e. The molecule has 1 aromatic carbocycles. The molecule has 0 aliphatic rings. The third kappa shape index (κ3) is 4.41. The third-order valence-electron chi connectivity index (χ3n) is 3.53. The average molecular weight is 332 g/mol. The molecule has 2 rings (SSSR count). The average Bonchev–Trinajstić information content (AvgIpc) is 2.89. The van der Waals surface area contributed by atoms with Crippen molar-refractivity contribution in [3.8, 4) is 11.5 Å². The van der Waals surface area contributed by atoms with Crippen molar-refractivity contribution in [2.24, 2.45) is 4.99 Å². The van der Waals surface area contributed by atoms with Gasteiger partial charge in [0.25, 0.3) is 0 Å². The second-order valence-corrected chi connectivity index (χ2v) is 5.27. The number of hydrogen-bond donors (Lipinski definition) is 3. The minimum absolute atomic E-state index is 0.110. The Bertz CT molecular complexity index is 690. The molecule has 130 valence electrons. The Morgan fingerprint density at radius 3 is 2.75 bits per heavy atom. The highest BCUT2D eigenvalue weighted by atomic mass is 16.5. The molecule has 7 heteroatoms. The molecule has 0 fully saturated rings. The van der Waals surface area contributed by atoms with Gasteiger partial charge in [-0.1, -0.05) is 12.1 Å². The fourth-order valence-electron chi connectivity index (χ4n) is 2.14. The number of benzene rings is 1. The van der Waals surface area contributed by atoms with Gasteiger partial charge >= 0.3 is 0 Å². The Balaban J connectivity index is 2.05. The summed E-state index contributed by atoms with van der Waals surface area (Å²) in [5, 5.41) is 16.4. The molecule has 24 heavy (non-hydrogen) atoms. The molecule has 0 saturated carbocycles. The zero-order valence-corrected chi connectivity index (χ0v) is 14.5. The normalized spacial score (nSPS) is 11.4. The molecule has 0 aliphatic heterocycles. The summed E-state index contributed by atoms with van der Waals surface area (Å²) in [6.45, 7) is 7.26. The molecular weight excluding hydrogens is 308 g/mol. The number of aliphatic imine (C=N–C) groups is 1. The number of nitrogens with zero attached hydrogens (tertiary/aromatic N) is 2. The molecular formula is C17H24N4O3. The van der Waals surface area contributed by atoms with Crippen LogP contribution in [-0.4, -0.2) is 29.7 Å². The van der Waals surface area contributed by atoms with E-state index in [0.29, 0.717) is 36.3 Å². The smallest absolute Gasteiger partial charge is 0.214 e. The summed E-state index contributed by atoms with van der Waals surface area (Å²) in [5.41, 5.74) is 1.57. The number of oxazole rings is 1. The molecule has 0 aliphatic carbocycles. The van der Waals surface area contributed by atoms with Crippen molar-refractivity contribution < 1.29 is 14.3 Å². The second-order valence-electron chi connectivity index (χ2n) is 5.27. The van der Waals surface area contributed by atoms with Gasteiger partial charge in [0.2, 0.25) is 5.89 Å². The van der Waals surface area contributed by atoms with Crippen LogP contribution in [0.1, 0.15) is 29.8 Å². The van der Waals surface area contributed by atoms with E-state index in [0.717, 1.165) is 18.0 Å². The number of aryl methyl sites for hydroxylation is 2. The van der Waals surface area contributed by atoms with E-state index in [-0.39, 0.29) is 5.75 Å². The number of guanidine groups is 1. The molecule has 0 unspecified atom stereocenters. The number of aromatic hydroxyl groups is 1. The molecule has 0 amide bonds. The third-order valence-corrected chi connectivity index (χ3v) is 3.53. The van der Waals surface area contributed by atoms with E-state index >= 15 is 0 Å². The topological polar surface area (TPSA) is 91.9 Å². The van der Waals surface area contributed by atoms with Crippen molar-refractivity contribution in [3.63, 3.8) is 0 Å². The van der Waals surface area contributed by atoms with Crippen LogP contribution in [0, 0.1) is 13.8 Å². The monoisotopic (exact) mass is 332 g/mol. The molecule has 2 aromatic rings. The van der Waals surface area contributed by atoms with E-state index < -0.39 is 0 Å². The van der Waals surface area contributed by atoms with Crippen LogP contribution >= 0.6 is 0 Å². The molecule has 1 aromatic heterocycles. The van der Waals surface area contributed by atoms with Gasteiger partial charge in [-0.3, -0.25) is 0 Å². The predicted octanol–water partition coefficient (Wildman–Crippen LogP) is 2.26. The van der Waals surface area contributed by atoms with Crippen molar-refractivity contribution in [1.82, 2.24) is 15.6 Å². The first-order chi connectivity index (χ1) is 11.5. The largest absolute Gasteiger partial charge is 0.504 e. The van der Waals surface area contributed by atoms with Crippen LogP contribution in [0.15, 0.2) is 27.6 Å². The highest BCUT2D eigenvalue weighted by Crippen LogP contribution is 2.29. The molecule has 0 radical (unpaired) electrons. The Labute approximate surface area is 141 Å². The lowest BCUT2D eigenvalue weighted by Crippen LogP contribution is -2.36. The molecule has 0 atom stereocenters. The Kier molecular flexibility index (Phi) is 6.06. The minimum Gasteiger partial charge on any atom is -0.504 e. The van der Waals surface area contributed by atoms with E-state index in [2.05, 4.69) is 20.6 Å². The van der Waals surface area contributed by atoms with Gasteiger partial charge in [0.1, 0.15) is 5.76 Å². The summed E-state index contributed by atoms with van der Waals surface area (Å²) in [6, 6.07) is 5.34. The molecule has 0 spiro atoms. The van der Waals surface area contributed by atoms with E-state index in [1.807, 2.05) is 32.9 Å². The van der Waals surface area contributed by atoms with E-state index in [4.69, 9.17) is 9.15 Å². The SMILES string of the molecule is CCNC(=NCc1cccc(OC)c1O)NCc1nc(C)c(C)o1. The first-order valence-electron chi connectivity index (χ1n) is 7.85. The predicted molar refractivity (Wildman–Crippen MR) is 92.3 cm³/mol. The lowest BCUT2D eigenvalue weighted by Gasteiger charge is -2.11. The summed E-state index contributed by atoms with van der Waals surface area (Å²) in [5.74, 6) is 2.59. The summed E-state index contributed by atoms with van der Waals surface area (Å²) < 4.78 is 10.7. The first-order valence-corrected chi connectivity index (χ1v) is 7.85. The molecule has 3 N–H and O–H groups in total. The van der Waals surface area contributed by atoms with Crippen LogP contribution in [0.4, 0.5) is 0 Å². The van der Waals surface area contributed by atoms with Gasteiger partial charge in [0.15, 0.2) is 17.5 Å². The van der Waals surface area contributed by atoms with Crippen LogP contribution in [0.2, 0.25) is 0 Å². The molecule has 1 heterocycles. The number of ether oxygens (including phenoxy) is 1. The number of phenolic OH excluding ortho intramolecular Hbond substituents is 1. The maximum atomic E-state index is 10.1. The fraction of sp³-hybridized carbons (Fsp3) is 0.412. The van der Waals surface area contributed by atoms with Gasteiger partial charge in [0.05, 0.1) is 25.9 Å². The molecule has 7 nitrogen and oxygen atoms in total. The van der Waals surface area contributed by atoms with Gasteiger partial charge in [-0.05, 0) is 26.8 Å². The maximum absolute atomic E-state index is 10.1. The van der Waals surface area contributed by atoms with Gasteiger partial charge in [0, 0.05) is 12.1 Å². The van der Waals surface area contributed by atoms with Crippen LogP contribution in [0.5, 0.6) is 11.5 Å². The number of hydrogen-bond acceptors (Lipinski definition) is 5. The van der Waals surface area contributed by atoms with E-state index in [1.54, 1.807) is 6.07 Å². The highest BCUT2D eigenvalue weighted by molar-refractivity contribution is 5.79.